The van der Waals surface area contributed by atoms with Crippen LogP contribution in [0.5, 0.6) is 5.75 Å². The second-order valence-corrected chi connectivity index (χ2v) is 6.02. The summed E-state index contributed by atoms with van der Waals surface area (Å²) in [6.45, 7) is 4.71. The van der Waals surface area contributed by atoms with Crippen LogP contribution in [0.4, 0.5) is 0 Å². The number of hydrogen-bond donors (Lipinski definition) is 1. The van der Waals surface area contributed by atoms with Gasteiger partial charge in [-0.1, -0.05) is 43.7 Å². The summed E-state index contributed by atoms with van der Waals surface area (Å²) in [7, 11) is 0. The third kappa shape index (κ3) is 3.99. The molecule has 1 aromatic rings. The molecule has 1 aliphatic carbocycles. The number of benzene rings is 1. The lowest BCUT2D eigenvalue weighted by molar-refractivity contribution is 0.0881. The quantitative estimate of drug-likeness (QED) is 0.857. The van der Waals surface area contributed by atoms with Gasteiger partial charge in [0.05, 0.1) is 12.7 Å². The Morgan fingerprint density at radius 2 is 1.80 bits per heavy atom. The van der Waals surface area contributed by atoms with Crippen LogP contribution >= 0.6 is 0 Å². The summed E-state index contributed by atoms with van der Waals surface area (Å²) >= 11 is 0. The third-order valence-corrected chi connectivity index (χ3v) is 4.38. The van der Waals surface area contributed by atoms with Crippen molar-refractivity contribution in [3.05, 3.63) is 29.3 Å². The number of aryl methyl sites for hydroxylation is 1. The second kappa shape index (κ2) is 7.68. The molecule has 1 saturated carbocycles. The molecule has 0 heterocycles. The van der Waals surface area contributed by atoms with Crippen LogP contribution in [0.2, 0.25) is 0 Å². The highest BCUT2D eigenvalue weighted by molar-refractivity contribution is 5.38. The molecular weight excluding hydrogens is 248 g/mol. The average molecular weight is 276 g/mol. The molecule has 2 nitrogen and oxygen atoms in total. The molecule has 0 aliphatic heterocycles. The highest BCUT2D eigenvalue weighted by Gasteiger charge is 2.24. The Hall–Kier alpha value is -1.02. The van der Waals surface area contributed by atoms with Gasteiger partial charge in [0.2, 0.25) is 0 Å². The molecule has 1 atom stereocenters. The number of rotatable bonds is 4. The third-order valence-electron chi connectivity index (χ3n) is 4.38. The van der Waals surface area contributed by atoms with Crippen molar-refractivity contribution in [2.75, 3.05) is 6.61 Å². The summed E-state index contributed by atoms with van der Waals surface area (Å²) in [5, 5.41) is 10.8. The van der Waals surface area contributed by atoms with Gasteiger partial charge in [-0.25, -0.2) is 0 Å². The van der Waals surface area contributed by atoms with Gasteiger partial charge in [0, 0.05) is 5.56 Å². The summed E-state index contributed by atoms with van der Waals surface area (Å²) in [4.78, 5) is 0. The van der Waals surface area contributed by atoms with E-state index in [9.17, 15) is 5.11 Å². The van der Waals surface area contributed by atoms with E-state index in [0.717, 1.165) is 24.2 Å². The molecule has 0 bridgehead atoms. The van der Waals surface area contributed by atoms with E-state index in [4.69, 9.17) is 4.74 Å². The lowest BCUT2D eigenvalue weighted by Crippen LogP contribution is -2.15. The van der Waals surface area contributed by atoms with Gasteiger partial charge >= 0.3 is 0 Å². The largest absolute Gasteiger partial charge is 0.493 e. The molecule has 1 aromatic carbocycles. The van der Waals surface area contributed by atoms with Crippen molar-refractivity contribution in [1.82, 2.24) is 0 Å². The normalized spacial score (nSPS) is 19.1. The molecule has 0 aromatic heterocycles. The molecule has 112 valence electrons. The lowest BCUT2D eigenvalue weighted by atomic mass is 9.84. The minimum atomic E-state index is -0.380. The fourth-order valence-electron chi connectivity index (χ4n) is 3.24. The summed E-state index contributed by atoms with van der Waals surface area (Å²) in [6.07, 6.45) is 8.38. The maximum Gasteiger partial charge on any atom is 0.125 e. The smallest absolute Gasteiger partial charge is 0.125 e. The summed E-state index contributed by atoms with van der Waals surface area (Å²) in [5.74, 6) is 1.24. The molecule has 1 aliphatic rings. The first-order valence-electron chi connectivity index (χ1n) is 8.13. The van der Waals surface area contributed by atoms with Crippen LogP contribution in [0.15, 0.2) is 18.2 Å². The van der Waals surface area contributed by atoms with E-state index in [1.165, 1.54) is 37.7 Å². The highest BCUT2D eigenvalue weighted by atomic mass is 16.5. The molecule has 0 amide bonds. The highest BCUT2D eigenvalue weighted by Crippen LogP contribution is 2.37. The number of hydrogen-bond acceptors (Lipinski definition) is 2. The van der Waals surface area contributed by atoms with Crippen LogP contribution in [0.3, 0.4) is 0 Å². The van der Waals surface area contributed by atoms with Crippen molar-refractivity contribution in [3.8, 4) is 5.75 Å². The monoisotopic (exact) mass is 276 g/mol. The number of aliphatic hydroxyl groups is 1. The van der Waals surface area contributed by atoms with Crippen LogP contribution in [-0.4, -0.2) is 11.7 Å². The van der Waals surface area contributed by atoms with Crippen molar-refractivity contribution >= 4 is 0 Å². The first kappa shape index (κ1) is 15.4. The Bertz CT molecular complexity index is 406. The minimum absolute atomic E-state index is 0.380. The number of aliphatic hydroxyl groups excluding tert-OH is 1. The van der Waals surface area contributed by atoms with Gasteiger partial charge in [0.25, 0.3) is 0 Å². The van der Waals surface area contributed by atoms with Crippen LogP contribution in [0, 0.1) is 12.8 Å². The number of ether oxygens (including phenoxy) is 1. The maximum atomic E-state index is 10.8. The Balaban J connectivity index is 2.17. The fourth-order valence-corrected chi connectivity index (χ4v) is 3.24. The van der Waals surface area contributed by atoms with Gasteiger partial charge < -0.3 is 9.84 Å². The van der Waals surface area contributed by atoms with Crippen molar-refractivity contribution in [2.45, 2.75) is 64.9 Å². The summed E-state index contributed by atoms with van der Waals surface area (Å²) < 4.78 is 5.70. The van der Waals surface area contributed by atoms with Crippen LogP contribution < -0.4 is 4.74 Å². The molecule has 20 heavy (non-hydrogen) atoms. The van der Waals surface area contributed by atoms with E-state index in [-0.39, 0.29) is 6.10 Å². The molecule has 1 N–H and O–H groups in total. The Kier molecular flexibility index (Phi) is 5.90. The van der Waals surface area contributed by atoms with Crippen LogP contribution in [0.1, 0.15) is 69.1 Å². The zero-order chi connectivity index (χ0) is 14.4. The van der Waals surface area contributed by atoms with E-state index in [1.807, 2.05) is 13.0 Å². The lowest BCUT2D eigenvalue weighted by Gasteiger charge is -2.26. The first-order valence-corrected chi connectivity index (χ1v) is 8.13. The molecule has 0 saturated heterocycles. The average Bonchev–Trinajstić information content (AvgIpc) is 2.40. The summed E-state index contributed by atoms with van der Waals surface area (Å²) in [6, 6.07) is 6.15. The molecule has 0 spiro atoms. The zero-order valence-corrected chi connectivity index (χ0v) is 12.9. The van der Waals surface area contributed by atoms with Crippen molar-refractivity contribution in [2.24, 2.45) is 5.92 Å². The van der Waals surface area contributed by atoms with E-state index in [2.05, 4.69) is 19.1 Å². The van der Waals surface area contributed by atoms with Gasteiger partial charge in [-0.3, -0.25) is 0 Å². The van der Waals surface area contributed by atoms with Gasteiger partial charge in [-0.2, -0.15) is 0 Å². The Morgan fingerprint density at radius 1 is 1.15 bits per heavy atom. The molecule has 1 fully saturated rings. The van der Waals surface area contributed by atoms with Crippen LogP contribution in [-0.2, 0) is 0 Å². The van der Waals surface area contributed by atoms with Gasteiger partial charge in [-0.05, 0) is 44.7 Å². The molecular formula is C18H28O2. The van der Waals surface area contributed by atoms with E-state index >= 15 is 0 Å². The summed E-state index contributed by atoms with van der Waals surface area (Å²) in [5.41, 5.74) is 2.17. The zero-order valence-electron chi connectivity index (χ0n) is 12.9. The molecule has 2 rings (SSSR count). The predicted molar refractivity (Wildman–Crippen MR) is 83.1 cm³/mol. The predicted octanol–water partition coefficient (Wildman–Crippen LogP) is 4.79. The van der Waals surface area contributed by atoms with Crippen molar-refractivity contribution in [3.63, 3.8) is 0 Å². The Morgan fingerprint density at radius 3 is 2.45 bits per heavy atom. The van der Waals surface area contributed by atoms with Gasteiger partial charge in [-0.15, -0.1) is 0 Å². The van der Waals surface area contributed by atoms with E-state index in [1.54, 1.807) is 0 Å². The Labute approximate surface area is 123 Å². The van der Waals surface area contributed by atoms with E-state index in [0.29, 0.717) is 12.5 Å². The topological polar surface area (TPSA) is 29.5 Å². The molecule has 0 radical (unpaired) electrons. The van der Waals surface area contributed by atoms with Gasteiger partial charge in [0.1, 0.15) is 5.75 Å². The van der Waals surface area contributed by atoms with Crippen molar-refractivity contribution < 1.29 is 9.84 Å². The fraction of sp³-hybridized carbons (Fsp3) is 0.667. The minimum Gasteiger partial charge on any atom is -0.493 e. The molecule has 2 heteroatoms. The van der Waals surface area contributed by atoms with E-state index < -0.39 is 0 Å². The molecule has 1 unspecified atom stereocenters. The SMILES string of the molecule is CCOc1ccc(C)cc1C(O)C1CCCCCCC1. The van der Waals surface area contributed by atoms with Gasteiger partial charge in [0.15, 0.2) is 0 Å². The van der Waals surface area contributed by atoms with Crippen molar-refractivity contribution in [1.29, 1.82) is 0 Å². The second-order valence-electron chi connectivity index (χ2n) is 6.02. The first-order chi connectivity index (χ1) is 9.72. The standard InChI is InChI=1S/C18H28O2/c1-3-20-17-12-11-14(2)13-16(17)18(19)15-9-7-5-4-6-8-10-15/h11-13,15,18-19H,3-10H2,1-2H3. The maximum absolute atomic E-state index is 10.8. The van der Waals surface area contributed by atoms with Crippen LogP contribution in [0.25, 0.3) is 0 Å².